The van der Waals surface area contributed by atoms with Gasteiger partial charge in [-0.05, 0) is 131 Å². The van der Waals surface area contributed by atoms with Gasteiger partial charge in [0, 0.05) is 259 Å². The summed E-state index contributed by atoms with van der Waals surface area (Å²) in [5, 5.41) is 29.3. The number of aromatic nitrogens is 16. The van der Waals surface area contributed by atoms with Gasteiger partial charge >= 0.3 is 0 Å². The molecule has 1 atom stereocenters. The van der Waals surface area contributed by atoms with Gasteiger partial charge in [0.2, 0.25) is 15.9 Å². The van der Waals surface area contributed by atoms with E-state index >= 15 is 0 Å². The molecule has 1 unspecified atom stereocenters. The normalized spacial score (nSPS) is 13.2. The van der Waals surface area contributed by atoms with Crippen LogP contribution in [0.25, 0.3) is 89.2 Å². The van der Waals surface area contributed by atoms with E-state index in [2.05, 4.69) is 86.6 Å². The molecule has 0 radical (unpaired) electrons. The van der Waals surface area contributed by atoms with Gasteiger partial charge in [0.25, 0.3) is 10.2 Å². The smallest absolute Gasteiger partial charge is 0.278 e. The number of rotatable bonds is 42. The van der Waals surface area contributed by atoms with Crippen molar-refractivity contribution in [1.29, 1.82) is 0 Å². The zero-order valence-electron chi connectivity index (χ0n) is 86.0. The summed E-state index contributed by atoms with van der Waals surface area (Å²) in [7, 11) is 12.1. The van der Waals surface area contributed by atoms with Crippen molar-refractivity contribution in [3.63, 3.8) is 0 Å². The van der Waals surface area contributed by atoms with Crippen LogP contribution in [0.1, 0.15) is 38.5 Å². The predicted octanol–water partition coefficient (Wildman–Crippen LogP) is 13.2. The molecule has 784 valence electrons. The lowest BCUT2D eigenvalue weighted by Gasteiger charge is -2.30. The topological polar surface area (TPSA) is 443 Å². The standard InChI is InChI=1S/C29H35N7O3.C27H31N5O5S.C25H31N7O4S.C24H28N6O4S/c1-34-10-5-6-20(18-34)29(37)30-9-11-36(23-12-24(38-3)15-25(13-23)39-4)22-7-8-26-27(14-22)33-28(17-31-26)21-16-32-35(2)19-21;1-36-23-11-22(12-24(14-23)37-9-8-33)32(17-19-3-4-19)21-5-6-25-26(13-21)30-27(16-28-25)20-15-29-31(18-20)7-10-38(2,34)35;1-30(2)37(33,34)28-9-6-10-32(20-11-21(35-4)14-22(12-20)36-5)19-7-8-23-24(13-19)29-25(16-26-23)18-15-27-31(3)17-18;1-29-16-17(14-26-29)24-15-25-22-7-6-18(12-23(22)28-24)30(9-5-8-27-35(4,31)32)19-10-20(33-2)13-21(11-19)34-3/h7-8,12-17,19-20H,5-6,9-11,18H2,1-4H3,(H,30,37);5-6,11-16,18-19,33H,3-4,7-10,17H2,1-2H3;7-8,11-17,28H,6,9-10H2,1-5H3;6-7,10-16,27H,5,8-9H2,1-4H3. The average molecular weight is 2090 g/mol. The molecule has 1 aliphatic heterocycles. The largest absolute Gasteiger partial charge is 0.497 e. The number of sulfonamides is 1. The lowest BCUT2D eigenvalue weighted by atomic mass is 9.98. The molecule has 149 heavy (non-hydrogen) atoms. The molecule has 8 aromatic carbocycles. The van der Waals surface area contributed by atoms with Crippen LogP contribution >= 0.6 is 0 Å². The Kier molecular flexibility index (Phi) is 35.8. The molecule has 1 aliphatic carbocycles. The van der Waals surface area contributed by atoms with E-state index in [1.807, 2.05) is 173 Å². The number of aryl methyl sites for hydroxylation is 4. The first-order valence-electron chi connectivity index (χ1n) is 48.2. The summed E-state index contributed by atoms with van der Waals surface area (Å²) < 4.78 is 128. The maximum absolute atomic E-state index is 12.9. The van der Waals surface area contributed by atoms with Crippen molar-refractivity contribution in [3.8, 4) is 91.0 Å². The highest BCUT2D eigenvalue weighted by atomic mass is 32.2. The van der Waals surface area contributed by atoms with Gasteiger partial charge in [-0.1, -0.05) is 0 Å². The molecule has 9 heterocycles. The number of likely N-dealkylation sites (tertiary alicyclic amines) is 1. The molecule has 1 saturated heterocycles. The number of nitrogens with one attached hydrogen (secondary N) is 3. The number of amides is 1. The van der Waals surface area contributed by atoms with Crippen LogP contribution in [-0.4, -0.2) is 286 Å². The minimum Gasteiger partial charge on any atom is -0.497 e. The Morgan fingerprint density at radius 3 is 1.11 bits per heavy atom. The van der Waals surface area contributed by atoms with Crippen molar-refractivity contribution in [2.75, 3.05) is 181 Å². The third-order valence-electron chi connectivity index (χ3n) is 24.7. The Morgan fingerprint density at radius 2 is 0.765 bits per heavy atom. The Morgan fingerprint density at radius 1 is 0.409 bits per heavy atom. The van der Waals surface area contributed by atoms with Gasteiger partial charge in [-0.3, -0.25) is 43.5 Å². The number of hydrogen-bond acceptors (Lipinski definition) is 33. The average Bonchev–Trinajstić information content (AvgIpc) is 1.66. The molecule has 18 rings (SSSR count). The van der Waals surface area contributed by atoms with E-state index in [4.69, 9.17) is 57.8 Å². The number of nitrogens with zero attached hydrogens (tertiary/aromatic N) is 22. The summed E-state index contributed by atoms with van der Waals surface area (Å²) in [5.41, 5.74) is 19.5. The molecule has 0 bridgehead atoms. The maximum atomic E-state index is 12.9. The number of aliphatic hydroxyl groups is 1. The fourth-order valence-corrected chi connectivity index (χ4v) is 18.4. The second kappa shape index (κ2) is 49.5. The molecule has 41 nitrogen and oxygen atoms in total. The third kappa shape index (κ3) is 29.4. The summed E-state index contributed by atoms with van der Waals surface area (Å²) in [6.07, 6.45) is 29.2. The number of fused-ring (bicyclic) bond motifs is 4. The molecule has 4 N–H and O–H groups in total. The predicted molar refractivity (Wildman–Crippen MR) is 577 cm³/mol. The van der Waals surface area contributed by atoms with Crippen molar-refractivity contribution in [2.24, 2.45) is 33.0 Å². The van der Waals surface area contributed by atoms with Crippen LogP contribution in [0.2, 0.25) is 0 Å². The lowest BCUT2D eigenvalue weighted by Crippen LogP contribution is -2.43. The number of carbonyl (C=O) groups is 1. The van der Waals surface area contributed by atoms with Crippen LogP contribution in [-0.2, 0) is 62.6 Å². The van der Waals surface area contributed by atoms with Crippen molar-refractivity contribution >= 4 is 126 Å². The molecule has 44 heteroatoms. The quantitative estimate of drug-likeness (QED) is 0.0258. The van der Waals surface area contributed by atoms with E-state index in [-0.39, 0.29) is 43.9 Å². The van der Waals surface area contributed by atoms with Crippen molar-refractivity contribution in [3.05, 3.63) is 220 Å². The van der Waals surface area contributed by atoms with Crippen LogP contribution < -0.4 is 72.3 Å². The lowest BCUT2D eigenvalue weighted by molar-refractivity contribution is -0.126. The minimum absolute atomic E-state index is 0.0226. The van der Waals surface area contributed by atoms with Crippen molar-refractivity contribution in [2.45, 2.75) is 45.1 Å². The van der Waals surface area contributed by atoms with Gasteiger partial charge in [0.05, 0.1) is 197 Å². The molecular weight excluding hydrogens is 1960 g/mol. The molecular formula is C105H125N25O16S3. The van der Waals surface area contributed by atoms with E-state index in [1.54, 1.807) is 136 Å². The minimum atomic E-state index is -3.51. The van der Waals surface area contributed by atoms with Crippen LogP contribution in [0.5, 0.6) is 46.0 Å². The van der Waals surface area contributed by atoms with Gasteiger partial charge in [-0.2, -0.15) is 33.1 Å². The zero-order chi connectivity index (χ0) is 106. The van der Waals surface area contributed by atoms with E-state index in [0.29, 0.717) is 103 Å². The summed E-state index contributed by atoms with van der Waals surface area (Å²) in [5.74, 6) is 6.02. The Labute approximate surface area is 866 Å². The number of ether oxygens (including phenoxy) is 8. The highest BCUT2D eigenvalue weighted by Crippen LogP contribution is 2.43. The van der Waals surface area contributed by atoms with Crippen LogP contribution in [0.4, 0.5) is 45.5 Å². The number of aliphatic hydroxyl groups excluding tert-OH is 1. The van der Waals surface area contributed by atoms with Crippen molar-refractivity contribution < 1.29 is 73.0 Å². The highest BCUT2D eigenvalue weighted by Gasteiger charge is 2.29. The molecule has 2 aliphatic rings. The fourth-order valence-electron chi connectivity index (χ4n) is 16.7. The second-order valence-electron chi connectivity index (χ2n) is 36.2. The van der Waals surface area contributed by atoms with E-state index < -0.39 is 30.1 Å². The number of methoxy groups -OCH3 is 7. The number of carbonyl (C=O) groups excluding carboxylic acids is 1. The SMILES string of the molecule is COc1cc(OC)cc(N(CCCNS(=O)(=O)N(C)C)c2ccc3ncc(-c4cnn(C)c4)nc3c2)c1.COc1cc(OC)cc(N(CCCNS(C)(=O)=O)c2ccc3ncc(-c4cnn(C)c4)nc3c2)c1.COc1cc(OC)cc(N(CCNC(=O)C2CCCN(C)C2)c2ccc3ncc(-c4cnn(C)c4)nc3c2)c1.COc1cc(OCCO)cc(N(CC2CC2)c2ccc3ncc(-c4cnn(CCS(C)(=O)=O)c4)nc3c2)c1. The van der Waals surface area contributed by atoms with E-state index in [9.17, 15) is 35.2 Å². The molecule has 8 aromatic heterocycles. The van der Waals surface area contributed by atoms with Crippen molar-refractivity contribution in [1.82, 2.24) is 103 Å². The van der Waals surface area contributed by atoms with Gasteiger partial charge in [-0.15, -0.1) is 0 Å². The zero-order valence-corrected chi connectivity index (χ0v) is 88.5. The van der Waals surface area contributed by atoms with Gasteiger partial charge in [-0.25, -0.2) is 46.2 Å². The molecule has 16 aromatic rings. The fraction of sp³-hybridized carbons (Fsp3) is 0.343. The molecule has 0 spiro atoms. The Bertz CT molecular complexity index is 7640. The third-order valence-corrected chi connectivity index (χ3v) is 27.9. The van der Waals surface area contributed by atoms with Crippen LogP contribution in [0.15, 0.2) is 220 Å². The highest BCUT2D eigenvalue weighted by molar-refractivity contribution is 7.90. The summed E-state index contributed by atoms with van der Waals surface area (Å²) in [4.78, 5) is 61.4. The van der Waals surface area contributed by atoms with Crippen LogP contribution in [0, 0.1) is 11.8 Å². The number of anilines is 8. The number of sulfone groups is 1. The first-order chi connectivity index (χ1) is 71.7. The summed E-state index contributed by atoms with van der Waals surface area (Å²) in [6, 6.07) is 46.5. The first kappa shape index (κ1) is 108. The monoisotopic (exact) mass is 2090 g/mol. The molecule has 2 fully saturated rings. The van der Waals surface area contributed by atoms with E-state index in [1.165, 1.54) is 33.2 Å². The molecule has 1 amide bonds. The van der Waals surface area contributed by atoms with E-state index in [0.717, 1.165) is 172 Å². The number of hydrogen-bond donors (Lipinski definition) is 4. The van der Waals surface area contributed by atoms with Gasteiger partial charge < -0.3 is 72.8 Å². The second-order valence-corrected chi connectivity index (χ2v) is 42.2. The van der Waals surface area contributed by atoms with Gasteiger partial charge in [0.1, 0.15) is 62.4 Å². The summed E-state index contributed by atoms with van der Waals surface area (Å²) >= 11 is 0. The Hall–Kier alpha value is -15.3. The van der Waals surface area contributed by atoms with Crippen LogP contribution in [0.3, 0.4) is 0 Å². The first-order valence-corrected chi connectivity index (χ1v) is 53.6. The number of benzene rings is 8. The summed E-state index contributed by atoms with van der Waals surface area (Å²) in [6.45, 7) is 5.79. The Balaban J connectivity index is 0.000000149. The maximum Gasteiger partial charge on any atom is 0.278 e. The molecule has 1 saturated carbocycles. The van der Waals surface area contributed by atoms with Gasteiger partial charge in [0.15, 0.2) is 0 Å². The number of piperidine rings is 1.